The quantitative estimate of drug-likeness (QED) is 0.849. The number of amides is 1. The van der Waals surface area contributed by atoms with Gasteiger partial charge in [-0.15, -0.1) is 17.5 Å². The average Bonchev–Trinajstić information content (AvgIpc) is 3.21. The first-order valence-corrected chi connectivity index (χ1v) is 8.00. The van der Waals surface area contributed by atoms with Gasteiger partial charge in [-0.05, 0) is 44.0 Å². The Balaban J connectivity index is 0.00000243. The normalized spacial score (nSPS) is 16.7. The van der Waals surface area contributed by atoms with E-state index < -0.39 is 6.61 Å². The molecule has 2 N–H and O–H groups in total. The van der Waals surface area contributed by atoms with Crippen molar-refractivity contribution < 1.29 is 18.3 Å². The molecule has 0 spiro atoms. The first-order chi connectivity index (χ1) is 12.0. The molecule has 26 heavy (non-hydrogen) atoms. The molecule has 1 aliphatic rings. The summed E-state index contributed by atoms with van der Waals surface area (Å²) in [5, 5.41) is 8.02. The van der Waals surface area contributed by atoms with Crippen LogP contribution in [0.3, 0.4) is 0 Å². The first kappa shape index (κ1) is 20.1. The standard InChI is InChI=1S/C16H19F2N5O2.ClH/c1-10-14(15(24)22-8-2-3-12(22)9-19)20-21-23(10)11-4-6-13(7-5-11)25-16(17)18;/h4-7,12,16H,2-3,8-9,19H2,1H3;1H. The second-order valence-electron chi connectivity index (χ2n) is 5.84. The predicted molar refractivity (Wildman–Crippen MR) is 93.1 cm³/mol. The van der Waals surface area contributed by atoms with Crippen LogP contribution in [0.4, 0.5) is 8.78 Å². The number of rotatable bonds is 5. The third-order valence-electron chi connectivity index (χ3n) is 4.31. The molecule has 1 atom stereocenters. The van der Waals surface area contributed by atoms with E-state index in [4.69, 9.17) is 5.73 Å². The smallest absolute Gasteiger partial charge is 0.387 e. The van der Waals surface area contributed by atoms with Crippen molar-refractivity contribution in [3.05, 3.63) is 35.7 Å². The van der Waals surface area contributed by atoms with Crippen molar-refractivity contribution in [2.75, 3.05) is 13.1 Å². The highest BCUT2D eigenvalue weighted by atomic mass is 35.5. The fourth-order valence-corrected chi connectivity index (χ4v) is 3.02. The molecule has 2 heterocycles. The summed E-state index contributed by atoms with van der Waals surface area (Å²) in [6.07, 6.45) is 1.81. The van der Waals surface area contributed by atoms with Gasteiger partial charge in [0.15, 0.2) is 5.69 Å². The Morgan fingerprint density at radius 1 is 1.38 bits per heavy atom. The Hall–Kier alpha value is -2.26. The molecule has 1 amide bonds. The van der Waals surface area contributed by atoms with Crippen LogP contribution in [0.2, 0.25) is 0 Å². The maximum atomic E-state index is 12.7. The van der Waals surface area contributed by atoms with Gasteiger partial charge in [-0.1, -0.05) is 5.21 Å². The lowest BCUT2D eigenvalue weighted by Gasteiger charge is -2.22. The molecule has 1 unspecified atom stereocenters. The van der Waals surface area contributed by atoms with E-state index in [1.54, 1.807) is 24.0 Å². The number of carbonyl (C=O) groups excluding carboxylic acids is 1. The van der Waals surface area contributed by atoms with Crippen molar-refractivity contribution in [1.82, 2.24) is 19.9 Å². The van der Waals surface area contributed by atoms with E-state index in [1.165, 1.54) is 16.8 Å². The highest BCUT2D eigenvalue weighted by molar-refractivity contribution is 5.93. The van der Waals surface area contributed by atoms with E-state index in [0.717, 1.165) is 12.8 Å². The Morgan fingerprint density at radius 2 is 2.08 bits per heavy atom. The zero-order valence-electron chi connectivity index (χ0n) is 14.1. The van der Waals surface area contributed by atoms with Crippen molar-refractivity contribution >= 4 is 18.3 Å². The number of alkyl halides is 2. The van der Waals surface area contributed by atoms with Crippen LogP contribution in [0.15, 0.2) is 24.3 Å². The van der Waals surface area contributed by atoms with E-state index in [-0.39, 0.29) is 35.8 Å². The van der Waals surface area contributed by atoms with Crippen LogP contribution in [-0.4, -0.2) is 51.5 Å². The van der Waals surface area contributed by atoms with Crippen molar-refractivity contribution in [3.8, 4) is 11.4 Å². The number of hydrogen-bond donors (Lipinski definition) is 1. The van der Waals surface area contributed by atoms with Gasteiger partial charge < -0.3 is 15.4 Å². The molecule has 142 valence electrons. The largest absolute Gasteiger partial charge is 0.435 e. The summed E-state index contributed by atoms with van der Waals surface area (Å²) < 4.78 is 30.2. The van der Waals surface area contributed by atoms with Gasteiger partial charge >= 0.3 is 6.61 Å². The maximum Gasteiger partial charge on any atom is 0.387 e. The highest BCUT2D eigenvalue weighted by Gasteiger charge is 2.31. The molecule has 3 rings (SSSR count). The molecule has 10 heteroatoms. The van der Waals surface area contributed by atoms with Gasteiger partial charge in [0, 0.05) is 19.1 Å². The van der Waals surface area contributed by atoms with Crippen LogP contribution in [0.1, 0.15) is 29.0 Å². The van der Waals surface area contributed by atoms with E-state index in [2.05, 4.69) is 15.0 Å². The molecule has 0 radical (unpaired) electrons. The molecule has 0 saturated carbocycles. The summed E-state index contributed by atoms with van der Waals surface area (Å²) in [5.41, 5.74) is 7.17. The number of aromatic nitrogens is 3. The lowest BCUT2D eigenvalue weighted by atomic mass is 10.2. The van der Waals surface area contributed by atoms with E-state index in [0.29, 0.717) is 24.5 Å². The Morgan fingerprint density at radius 3 is 2.69 bits per heavy atom. The average molecular weight is 388 g/mol. The number of halogens is 3. The first-order valence-electron chi connectivity index (χ1n) is 8.00. The molecule has 1 aromatic carbocycles. The van der Waals surface area contributed by atoms with Crippen molar-refractivity contribution in [1.29, 1.82) is 0 Å². The molecule has 1 aromatic heterocycles. The van der Waals surface area contributed by atoms with Crippen LogP contribution >= 0.6 is 12.4 Å². The Kier molecular flexibility index (Phi) is 6.49. The Bertz CT molecular complexity index is 754. The minimum Gasteiger partial charge on any atom is -0.435 e. The second-order valence-corrected chi connectivity index (χ2v) is 5.84. The number of benzene rings is 1. The van der Waals surface area contributed by atoms with Crippen molar-refractivity contribution in [2.24, 2.45) is 5.73 Å². The topological polar surface area (TPSA) is 86.3 Å². The number of carbonyl (C=O) groups is 1. The molecular weight excluding hydrogens is 368 g/mol. The van der Waals surface area contributed by atoms with Crippen LogP contribution in [0.25, 0.3) is 5.69 Å². The van der Waals surface area contributed by atoms with E-state index >= 15 is 0 Å². The third kappa shape index (κ3) is 3.94. The number of nitrogens with zero attached hydrogens (tertiary/aromatic N) is 4. The molecule has 1 aliphatic heterocycles. The van der Waals surface area contributed by atoms with Crippen molar-refractivity contribution in [2.45, 2.75) is 32.4 Å². The summed E-state index contributed by atoms with van der Waals surface area (Å²) in [6, 6.07) is 6.01. The molecule has 2 aromatic rings. The van der Waals surface area contributed by atoms with Gasteiger partial charge in [0.05, 0.1) is 11.4 Å². The van der Waals surface area contributed by atoms with E-state index in [9.17, 15) is 13.6 Å². The summed E-state index contributed by atoms with van der Waals surface area (Å²) in [5.74, 6) is -0.134. The zero-order chi connectivity index (χ0) is 18.0. The molecule has 0 bridgehead atoms. The lowest BCUT2D eigenvalue weighted by molar-refractivity contribution is -0.0498. The molecular formula is C16H20ClF2N5O2. The van der Waals surface area contributed by atoms with Gasteiger partial charge in [0.25, 0.3) is 5.91 Å². The van der Waals surface area contributed by atoms with Gasteiger partial charge in [-0.25, -0.2) is 4.68 Å². The zero-order valence-corrected chi connectivity index (χ0v) is 15.0. The molecule has 1 fully saturated rings. The summed E-state index contributed by atoms with van der Waals surface area (Å²) in [6.45, 7) is -0.0549. The second kappa shape index (κ2) is 8.41. The fraction of sp³-hybridized carbons (Fsp3) is 0.438. The SMILES string of the molecule is Cc1c(C(=O)N2CCCC2CN)nnn1-c1ccc(OC(F)F)cc1.Cl. The third-order valence-corrected chi connectivity index (χ3v) is 4.31. The molecule has 1 saturated heterocycles. The number of nitrogens with two attached hydrogens (primary N) is 1. The Labute approximate surface area is 155 Å². The van der Waals surface area contributed by atoms with Crippen LogP contribution < -0.4 is 10.5 Å². The summed E-state index contributed by atoms with van der Waals surface area (Å²) >= 11 is 0. The fourth-order valence-electron chi connectivity index (χ4n) is 3.02. The summed E-state index contributed by atoms with van der Waals surface area (Å²) in [7, 11) is 0. The minimum atomic E-state index is -2.88. The monoisotopic (exact) mass is 387 g/mol. The number of ether oxygens (including phenoxy) is 1. The van der Waals surface area contributed by atoms with Gasteiger partial charge in [-0.3, -0.25) is 4.79 Å². The van der Waals surface area contributed by atoms with Crippen LogP contribution in [0, 0.1) is 6.92 Å². The summed E-state index contributed by atoms with van der Waals surface area (Å²) in [4.78, 5) is 14.4. The van der Waals surface area contributed by atoms with Gasteiger partial charge in [0.2, 0.25) is 0 Å². The number of hydrogen-bond acceptors (Lipinski definition) is 5. The molecule has 0 aliphatic carbocycles. The number of likely N-dealkylation sites (tertiary alicyclic amines) is 1. The van der Waals surface area contributed by atoms with Gasteiger partial charge in [-0.2, -0.15) is 8.78 Å². The highest BCUT2D eigenvalue weighted by Crippen LogP contribution is 2.22. The van der Waals surface area contributed by atoms with Crippen LogP contribution in [-0.2, 0) is 0 Å². The minimum absolute atomic E-state index is 0. The predicted octanol–water partition coefficient (Wildman–Crippen LogP) is 2.16. The molecule has 7 nitrogen and oxygen atoms in total. The van der Waals surface area contributed by atoms with Crippen molar-refractivity contribution in [3.63, 3.8) is 0 Å². The maximum absolute atomic E-state index is 12.7. The van der Waals surface area contributed by atoms with Crippen LogP contribution in [0.5, 0.6) is 5.75 Å². The van der Waals surface area contributed by atoms with Gasteiger partial charge in [0.1, 0.15) is 5.75 Å². The lowest BCUT2D eigenvalue weighted by Crippen LogP contribution is -2.40. The van der Waals surface area contributed by atoms with E-state index in [1.807, 2.05) is 0 Å².